The number of nitrogens with zero attached hydrogens (tertiary/aromatic N) is 2. The van der Waals surface area contributed by atoms with E-state index in [0.717, 1.165) is 5.03 Å². The molecule has 0 aliphatic rings. The molecule has 0 saturated heterocycles. The summed E-state index contributed by atoms with van der Waals surface area (Å²) in [6.45, 7) is 0. The van der Waals surface area contributed by atoms with Crippen molar-refractivity contribution in [1.82, 2.24) is 9.97 Å². The second-order valence-corrected chi connectivity index (χ2v) is 3.91. The summed E-state index contributed by atoms with van der Waals surface area (Å²) in [7, 11) is 0. The number of rotatable bonds is 4. The summed E-state index contributed by atoms with van der Waals surface area (Å²) >= 11 is 1.41. The van der Waals surface area contributed by atoms with E-state index in [4.69, 9.17) is 9.52 Å². The van der Waals surface area contributed by atoms with Gasteiger partial charge < -0.3 is 9.52 Å². The molecule has 0 aliphatic carbocycles. The Morgan fingerprint density at radius 1 is 1.50 bits per heavy atom. The summed E-state index contributed by atoms with van der Waals surface area (Å²) in [6, 6.07) is 1.65. The third-order valence-electron chi connectivity index (χ3n) is 1.86. The van der Waals surface area contributed by atoms with Gasteiger partial charge in [0.2, 0.25) is 5.76 Å². The van der Waals surface area contributed by atoms with Crippen molar-refractivity contribution >= 4 is 17.7 Å². The van der Waals surface area contributed by atoms with Crippen LogP contribution in [0.4, 0.5) is 0 Å². The van der Waals surface area contributed by atoms with Gasteiger partial charge >= 0.3 is 5.97 Å². The number of aromatic carboxylic acids is 1. The third-order valence-corrected chi connectivity index (χ3v) is 2.82. The molecule has 2 aromatic rings. The molecule has 2 aromatic heterocycles. The lowest BCUT2D eigenvalue weighted by molar-refractivity contribution is 0.0661. The van der Waals surface area contributed by atoms with E-state index < -0.39 is 5.97 Å². The lowest BCUT2D eigenvalue weighted by atomic mass is 10.3. The SMILES string of the molecule is O=C(O)c1occc1CSc1cnccn1. The van der Waals surface area contributed by atoms with Gasteiger partial charge in [-0.3, -0.25) is 4.98 Å². The zero-order valence-electron chi connectivity index (χ0n) is 8.16. The van der Waals surface area contributed by atoms with Gasteiger partial charge in [-0.25, -0.2) is 9.78 Å². The second-order valence-electron chi connectivity index (χ2n) is 2.91. The number of carbonyl (C=O) groups is 1. The Morgan fingerprint density at radius 2 is 2.38 bits per heavy atom. The number of aromatic nitrogens is 2. The van der Waals surface area contributed by atoms with Gasteiger partial charge in [-0.15, -0.1) is 0 Å². The molecule has 0 atom stereocenters. The highest BCUT2D eigenvalue weighted by molar-refractivity contribution is 7.98. The van der Waals surface area contributed by atoms with Crippen LogP contribution in [0.2, 0.25) is 0 Å². The first kappa shape index (κ1) is 10.7. The van der Waals surface area contributed by atoms with E-state index in [-0.39, 0.29) is 5.76 Å². The van der Waals surface area contributed by atoms with Crippen molar-refractivity contribution in [3.05, 3.63) is 42.2 Å². The van der Waals surface area contributed by atoms with E-state index in [2.05, 4.69) is 9.97 Å². The first-order valence-corrected chi connectivity index (χ1v) is 5.44. The number of furan rings is 1. The van der Waals surface area contributed by atoms with Crippen molar-refractivity contribution in [2.24, 2.45) is 0 Å². The molecule has 0 amide bonds. The number of thioether (sulfide) groups is 1. The van der Waals surface area contributed by atoms with Crippen LogP contribution < -0.4 is 0 Å². The largest absolute Gasteiger partial charge is 0.475 e. The molecule has 2 heterocycles. The highest BCUT2D eigenvalue weighted by Gasteiger charge is 2.13. The summed E-state index contributed by atoms with van der Waals surface area (Å²) in [5, 5.41) is 9.57. The average Bonchev–Trinajstić information content (AvgIpc) is 2.76. The predicted molar refractivity (Wildman–Crippen MR) is 57.3 cm³/mol. The van der Waals surface area contributed by atoms with Crippen LogP contribution in [0.1, 0.15) is 16.1 Å². The van der Waals surface area contributed by atoms with Gasteiger partial charge in [-0.1, -0.05) is 11.8 Å². The summed E-state index contributed by atoms with van der Waals surface area (Å²) < 4.78 is 4.87. The minimum Gasteiger partial charge on any atom is -0.475 e. The van der Waals surface area contributed by atoms with Crippen LogP contribution in [0.5, 0.6) is 0 Å². The Hall–Kier alpha value is -1.82. The van der Waals surface area contributed by atoms with Crippen LogP contribution in [0.3, 0.4) is 0 Å². The lowest BCUT2D eigenvalue weighted by Gasteiger charge is -1.98. The number of hydrogen-bond acceptors (Lipinski definition) is 5. The zero-order chi connectivity index (χ0) is 11.4. The maximum atomic E-state index is 10.8. The number of hydrogen-bond donors (Lipinski definition) is 1. The molecular formula is C10H8N2O3S. The Morgan fingerprint density at radius 3 is 3.06 bits per heavy atom. The minimum atomic E-state index is -1.06. The summed E-state index contributed by atoms with van der Waals surface area (Å²) in [4.78, 5) is 18.8. The van der Waals surface area contributed by atoms with Crippen molar-refractivity contribution in [2.45, 2.75) is 10.8 Å². The van der Waals surface area contributed by atoms with Crippen LogP contribution in [0, 0.1) is 0 Å². The molecule has 16 heavy (non-hydrogen) atoms. The molecule has 0 radical (unpaired) electrons. The minimum absolute atomic E-state index is 0.0172. The van der Waals surface area contributed by atoms with E-state index in [9.17, 15) is 4.79 Å². The number of carboxylic acids is 1. The topological polar surface area (TPSA) is 76.2 Å². The van der Waals surface area contributed by atoms with Crippen LogP contribution in [-0.4, -0.2) is 21.0 Å². The monoisotopic (exact) mass is 236 g/mol. The van der Waals surface area contributed by atoms with Crippen molar-refractivity contribution in [3.63, 3.8) is 0 Å². The molecule has 0 aromatic carbocycles. The van der Waals surface area contributed by atoms with Crippen LogP contribution in [0.15, 0.2) is 40.4 Å². The summed E-state index contributed by atoms with van der Waals surface area (Å²) in [5.74, 6) is -0.576. The van der Waals surface area contributed by atoms with Crippen LogP contribution in [-0.2, 0) is 5.75 Å². The van der Waals surface area contributed by atoms with Gasteiger partial charge in [0.1, 0.15) is 5.03 Å². The maximum absolute atomic E-state index is 10.8. The fraction of sp³-hybridized carbons (Fsp3) is 0.100. The van der Waals surface area contributed by atoms with E-state index in [1.807, 2.05) is 0 Å². The van der Waals surface area contributed by atoms with Gasteiger partial charge in [0.25, 0.3) is 0 Å². The first-order chi connectivity index (χ1) is 7.77. The molecule has 0 spiro atoms. The van der Waals surface area contributed by atoms with Crippen LogP contribution in [0.25, 0.3) is 0 Å². The van der Waals surface area contributed by atoms with Gasteiger partial charge in [0, 0.05) is 23.7 Å². The van der Waals surface area contributed by atoms with Crippen molar-refractivity contribution < 1.29 is 14.3 Å². The molecule has 0 bridgehead atoms. The van der Waals surface area contributed by atoms with E-state index in [1.165, 1.54) is 18.0 Å². The standard InChI is InChI=1S/C10H8N2O3S/c13-10(14)9-7(1-4-15-9)6-16-8-5-11-2-3-12-8/h1-5H,6H2,(H,13,14). The lowest BCUT2D eigenvalue weighted by Crippen LogP contribution is -1.97. The average molecular weight is 236 g/mol. The quantitative estimate of drug-likeness (QED) is 0.819. The Kier molecular flexibility index (Phi) is 3.21. The molecule has 1 N–H and O–H groups in total. The number of carboxylic acid groups (broad SMARTS) is 1. The molecule has 82 valence electrons. The van der Waals surface area contributed by atoms with Gasteiger partial charge in [-0.2, -0.15) is 0 Å². The summed E-state index contributed by atoms with van der Waals surface area (Å²) in [6.07, 6.45) is 6.18. The molecule has 2 rings (SSSR count). The van der Waals surface area contributed by atoms with E-state index >= 15 is 0 Å². The fourth-order valence-corrected chi connectivity index (χ4v) is 1.95. The Labute approximate surface area is 95.5 Å². The molecule has 0 saturated carbocycles. The van der Waals surface area contributed by atoms with Crippen molar-refractivity contribution in [3.8, 4) is 0 Å². The third kappa shape index (κ3) is 2.40. The predicted octanol–water partition coefficient (Wildman–Crippen LogP) is 2.06. The molecule has 5 nitrogen and oxygen atoms in total. The molecule has 0 fully saturated rings. The van der Waals surface area contributed by atoms with Gasteiger partial charge in [-0.05, 0) is 6.07 Å². The maximum Gasteiger partial charge on any atom is 0.372 e. The Balaban J connectivity index is 2.05. The highest BCUT2D eigenvalue weighted by atomic mass is 32.2. The van der Waals surface area contributed by atoms with Crippen molar-refractivity contribution in [2.75, 3.05) is 0 Å². The molecule has 6 heteroatoms. The molecular weight excluding hydrogens is 228 g/mol. The molecule has 0 aliphatic heterocycles. The zero-order valence-corrected chi connectivity index (χ0v) is 8.98. The van der Waals surface area contributed by atoms with Gasteiger partial charge in [0.05, 0.1) is 12.5 Å². The van der Waals surface area contributed by atoms with Crippen LogP contribution >= 0.6 is 11.8 Å². The van der Waals surface area contributed by atoms with Gasteiger partial charge in [0.15, 0.2) is 0 Å². The van der Waals surface area contributed by atoms with E-state index in [0.29, 0.717) is 11.3 Å². The fourth-order valence-electron chi connectivity index (χ4n) is 1.15. The Bertz CT molecular complexity index is 484. The molecule has 0 unspecified atom stereocenters. The smallest absolute Gasteiger partial charge is 0.372 e. The second kappa shape index (κ2) is 4.80. The van der Waals surface area contributed by atoms with Crippen molar-refractivity contribution in [1.29, 1.82) is 0 Å². The highest BCUT2D eigenvalue weighted by Crippen LogP contribution is 2.22. The summed E-state index contributed by atoms with van der Waals surface area (Å²) in [5.41, 5.74) is 0.642. The first-order valence-electron chi connectivity index (χ1n) is 4.46. The normalized spacial score (nSPS) is 10.2. The van der Waals surface area contributed by atoms with E-state index in [1.54, 1.807) is 24.7 Å².